The van der Waals surface area contributed by atoms with Gasteiger partial charge in [-0.1, -0.05) is 11.6 Å². The van der Waals surface area contributed by atoms with E-state index in [-0.39, 0.29) is 12.0 Å². The maximum absolute atomic E-state index is 5.98. The molecule has 0 spiro atoms. The maximum atomic E-state index is 5.98. The molecule has 2 aromatic heterocycles. The first-order valence-corrected chi connectivity index (χ1v) is 6.10. The Balaban J connectivity index is 1.90. The summed E-state index contributed by atoms with van der Waals surface area (Å²) in [4.78, 5) is 7.87. The van der Waals surface area contributed by atoms with Crippen LogP contribution in [0.2, 0.25) is 5.02 Å². The molecule has 0 aromatic carbocycles. The molecule has 0 aliphatic heterocycles. The number of nitrogens with one attached hydrogen (secondary N) is 1. The standard InChI is InChI=1S/C12H15ClN4O/c1-8(4-5-9-3-2-6-18-9)16-11-10(13)7-15-12(14)17-11/h2-3,6-8H,4-5H2,1H3,(H3,14,15,16,17). The normalized spacial score (nSPS) is 12.3. The third-order valence-electron chi connectivity index (χ3n) is 2.55. The Morgan fingerprint density at radius 3 is 3.11 bits per heavy atom. The number of anilines is 2. The van der Waals surface area contributed by atoms with E-state index in [1.54, 1.807) is 6.26 Å². The highest BCUT2D eigenvalue weighted by atomic mass is 35.5. The van der Waals surface area contributed by atoms with Crippen LogP contribution in [-0.2, 0) is 6.42 Å². The molecular weight excluding hydrogens is 252 g/mol. The largest absolute Gasteiger partial charge is 0.469 e. The van der Waals surface area contributed by atoms with Crippen molar-refractivity contribution in [2.75, 3.05) is 11.1 Å². The molecule has 2 heterocycles. The molecule has 0 fully saturated rings. The average molecular weight is 267 g/mol. The molecule has 1 atom stereocenters. The number of halogens is 1. The summed E-state index contributed by atoms with van der Waals surface area (Å²) in [5.74, 6) is 1.74. The van der Waals surface area contributed by atoms with Gasteiger partial charge in [0.15, 0.2) is 5.82 Å². The summed E-state index contributed by atoms with van der Waals surface area (Å²) in [6.07, 6.45) is 4.94. The molecule has 0 bridgehead atoms. The number of nitrogens with two attached hydrogens (primary N) is 1. The van der Waals surface area contributed by atoms with E-state index in [2.05, 4.69) is 22.2 Å². The summed E-state index contributed by atoms with van der Waals surface area (Å²) in [7, 11) is 0. The minimum Gasteiger partial charge on any atom is -0.469 e. The highest BCUT2D eigenvalue weighted by molar-refractivity contribution is 6.32. The van der Waals surface area contributed by atoms with Crippen LogP contribution < -0.4 is 11.1 Å². The van der Waals surface area contributed by atoms with Crippen LogP contribution in [0.3, 0.4) is 0 Å². The van der Waals surface area contributed by atoms with Crippen molar-refractivity contribution in [2.45, 2.75) is 25.8 Å². The lowest BCUT2D eigenvalue weighted by molar-refractivity contribution is 0.495. The molecule has 0 radical (unpaired) electrons. The number of aromatic nitrogens is 2. The van der Waals surface area contributed by atoms with E-state index >= 15 is 0 Å². The first-order valence-electron chi connectivity index (χ1n) is 5.72. The number of aryl methyl sites for hydroxylation is 1. The molecule has 2 aromatic rings. The third-order valence-corrected chi connectivity index (χ3v) is 2.83. The number of hydrogen-bond acceptors (Lipinski definition) is 5. The lowest BCUT2D eigenvalue weighted by Crippen LogP contribution is -2.17. The van der Waals surface area contributed by atoms with Gasteiger partial charge in [-0.25, -0.2) is 4.98 Å². The van der Waals surface area contributed by atoms with Gasteiger partial charge in [-0.3, -0.25) is 0 Å². The van der Waals surface area contributed by atoms with Gasteiger partial charge < -0.3 is 15.5 Å². The zero-order chi connectivity index (χ0) is 13.0. The van der Waals surface area contributed by atoms with Crippen LogP contribution in [0.4, 0.5) is 11.8 Å². The summed E-state index contributed by atoms with van der Waals surface area (Å²) in [6, 6.07) is 4.06. The molecule has 0 aliphatic rings. The molecule has 0 saturated carbocycles. The first-order chi connectivity index (χ1) is 8.65. The summed E-state index contributed by atoms with van der Waals surface area (Å²) in [5, 5.41) is 3.68. The number of rotatable bonds is 5. The fourth-order valence-electron chi connectivity index (χ4n) is 1.60. The van der Waals surface area contributed by atoms with Crippen molar-refractivity contribution in [1.82, 2.24) is 9.97 Å². The number of hydrogen-bond donors (Lipinski definition) is 2. The SMILES string of the molecule is CC(CCc1ccco1)Nc1nc(N)ncc1Cl. The molecular formula is C12H15ClN4O. The molecule has 1 unspecified atom stereocenters. The zero-order valence-corrected chi connectivity index (χ0v) is 10.8. The van der Waals surface area contributed by atoms with Gasteiger partial charge in [0, 0.05) is 12.5 Å². The quantitative estimate of drug-likeness (QED) is 0.870. The minimum atomic E-state index is 0.208. The smallest absolute Gasteiger partial charge is 0.222 e. The van der Waals surface area contributed by atoms with Crippen LogP contribution in [0.15, 0.2) is 29.0 Å². The van der Waals surface area contributed by atoms with Gasteiger partial charge in [0.05, 0.1) is 12.5 Å². The Bertz CT molecular complexity index is 501. The van der Waals surface area contributed by atoms with Crippen LogP contribution in [-0.4, -0.2) is 16.0 Å². The molecule has 0 aliphatic carbocycles. The van der Waals surface area contributed by atoms with Gasteiger partial charge in [0.25, 0.3) is 0 Å². The van der Waals surface area contributed by atoms with E-state index in [0.29, 0.717) is 10.8 Å². The Kier molecular flexibility index (Phi) is 4.04. The van der Waals surface area contributed by atoms with Gasteiger partial charge in [-0.2, -0.15) is 4.98 Å². The van der Waals surface area contributed by atoms with Crippen molar-refractivity contribution in [3.8, 4) is 0 Å². The minimum absolute atomic E-state index is 0.208. The van der Waals surface area contributed by atoms with Crippen molar-refractivity contribution < 1.29 is 4.42 Å². The second kappa shape index (κ2) is 5.73. The Morgan fingerprint density at radius 1 is 1.56 bits per heavy atom. The number of furan rings is 1. The Labute approximate surface area is 110 Å². The van der Waals surface area contributed by atoms with Gasteiger partial charge in [0.2, 0.25) is 5.95 Å². The van der Waals surface area contributed by atoms with Crippen LogP contribution in [0.5, 0.6) is 0 Å². The predicted molar refractivity (Wildman–Crippen MR) is 71.6 cm³/mol. The topological polar surface area (TPSA) is 77.0 Å². The van der Waals surface area contributed by atoms with Gasteiger partial charge in [0.1, 0.15) is 10.8 Å². The van der Waals surface area contributed by atoms with E-state index in [0.717, 1.165) is 18.6 Å². The fourth-order valence-corrected chi connectivity index (χ4v) is 1.75. The summed E-state index contributed by atoms with van der Waals surface area (Å²) >= 11 is 5.98. The molecule has 3 N–H and O–H groups in total. The summed E-state index contributed by atoms with van der Waals surface area (Å²) in [6.45, 7) is 2.05. The van der Waals surface area contributed by atoms with Gasteiger partial charge in [-0.05, 0) is 25.5 Å². The van der Waals surface area contributed by atoms with E-state index in [9.17, 15) is 0 Å². The van der Waals surface area contributed by atoms with Gasteiger partial charge in [-0.15, -0.1) is 0 Å². The van der Waals surface area contributed by atoms with Crippen molar-refractivity contribution >= 4 is 23.4 Å². The van der Waals surface area contributed by atoms with Crippen molar-refractivity contribution in [1.29, 1.82) is 0 Å². The molecule has 96 valence electrons. The van der Waals surface area contributed by atoms with E-state index in [1.165, 1.54) is 6.20 Å². The van der Waals surface area contributed by atoms with Crippen LogP contribution >= 0.6 is 11.6 Å². The van der Waals surface area contributed by atoms with E-state index in [1.807, 2.05) is 12.1 Å². The second-order valence-electron chi connectivity index (χ2n) is 4.09. The second-order valence-corrected chi connectivity index (χ2v) is 4.50. The third kappa shape index (κ3) is 3.37. The molecule has 18 heavy (non-hydrogen) atoms. The summed E-state index contributed by atoms with van der Waals surface area (Å²) < 4.78 is 5.28. The summed E-state index contributed by atoms with van der Waals surface area (Å²) in [5.41, 5.74) is 5.52. The van der Waals surface area contributed by atoms with E-state index in [4.69, 9.17) is 21.8 Å². The highest BCUT2D eigenvalue weighted by Crippen LogP contribution is 2.20. The van der Waals surface area contributed by atoms with Crippen LogP contribution in [0.25, 0.3) is 0 Å². The molecule has 2 rings (SSSR count). The molecule has 6 heteroatoms. The first kappa shape index (κ1) is 12.7. The van der Waals surface area contributed by atoms with Crippen molar-refractivity contribution in [2.24, 2.45) is 0 Å². The fraction of sp³-hybridized carbons (Fsp3) is 0.333. The van der Waals surface area contributed by atoms with Crippen molar-refractivity contribution in [3.63, 3.8) is 0 Å². The number of nitrogen functional groups attached to an aromatic ring is 1. The monoisotopic (exact) mass is 266 g/mol. The van der Waals surface area contributed by atoms with Crippen LogP contribution in [0.1, 0.15) is 19.1 Å². The number of nitrogens with zero attached hydrogens (tertiary/aromatic N) is 2. The van der Waals surface area contributed by atoms with Crippen LogP contribution in [0, 0.1) is 0 Å². The molecule has 0 saturated heterocycles. The lowest BCUT2D eigenvalue weighted by Gasteiger charge is -2.14. The zero-order valence-electron chi connectivity index (χ0n) is 10.1. The highest BCUT2D eigenvalue weighted by Gasteiger charge is 2.08. The Morgan fingerprint density at radius 2 is 2.39 bits per heavy atom. The maximum Gasteiger partial charge on any atom is 0.222 e. The van der Waals surface area contributed by atoms with E-state index < -0.39 is 0 Å². The molecule has 0 amide bonds. The lowest BCUT2D eigenvalue weighted by atomic mass is 10.1. The predicted octanol–water partition coefficient (Wildman–Crippen LogP) is 2.74. The Hall–Kier alpha value is -1.75. The van der Waals surface area contributed by atoms with Crippen molar-refractivity contribution in [3.05, 3.63) is 35.4 Å². The molecule has 5 nitrogen and oxygen atoms in total. The average Bonchev–Trinajstić information content (AvgIpc) is 2.84. The van der Waals surface area contributed by atoms with Gasteiger partial charge >= 0.3 is 0 Å².